The van der Waals surface area contributed by atoms with Crippen molar-refractivity contribution in [1.82, 2.24) is 9.78 Å². The van der Waals surface area contributed by atoms with E-state index in [1.165, 1.54) is 6.07 Å². The zero-order chi connectivity index (χ0) is 15.5. The smallest absolute Gasteiger partial charge is 0.435 e. The summed E-state index contributed by atoms with van der Waals surface area (Å²) in [6.45, 7) is 7.18. The molecule has 8 heteroatoms. The number of rotatable bonds is 3. The molecule has 1 heterocycles. The SMILES string of the molecule is CCOC(=O)c1cc(C(Br)Br)n(C(=O)OC(C)(C)C)n1. The Balaban J connectivity index is 3.11. The molecule has 0 unspecified atom stereocenters. The van der Waals surface area contributed by atoms with Crippen LogP contribution < -0.4 is 0 Å². The summed E-state index contributed by atoms with van der Waals surface area (Å²) in [6, 6.07) is 1.47. The van der Waals surface area contributed by atoms with Gasteiger partial charge in [0.25, 0.3) is 0 Å². The Bertz CT molecular complexity index is 506. The van der Waals surface area contributed by atoms with Crippen LogP contribution in [-0.2, 0) is 9.47 Å². The van der Waals surface area contributed by atoms with E-state index in [-0.39, 0.29) is 16.0 Å². The van der Waals surface area contributed by atoms with Crippen molar-refractivity contribution in [2.24, 2.45) is 0 Å². The average Bonchev–Trinajstić information content (AvgIpc) is 2.71. The molecule has 0 saturated heterocycles. The van der Waals surface area contributed by atoms with Gasteiger partial charge >= 0.3 is 12.1 Å². The maximum Gasteiger partial charge on any atom is 0.435 e. The fraction of sp³-hybridized carbons (Fsp3) is 0.583. The lowest BCUT2D eigenvalue weighted by atomic mass is 10.2. The Morgan fingerprint density at radius 1 is 1.40 bits per heavy atom. The summed E-state index contributed by atoms with van der Waals surface area (Å²) in [5, 5.41) is 3.94. The number of esters is 1. The Morgan fingerprint density at radius 2 is 2.00 bits per heavy atom. The second-order valence-corrected chi connectivity index (χ2v) is 7.93. The monoisotopic (exact) mass is 410 g/mol. The van der Waals surface area contributed by atoms with Gasteiger partial charge in [-0.25, -0.2) is 9.59 Å². The highest BCUT2D eigenvalue weighted by Gasteiger charge is 2.26. The molecule has 0 aromatic carbocycles. The van der Waals surface area contributed by atoms with Gasteiger partial charge in [0.1, 0.15) is 9.34 Å². The van der Waals surface area contributed by atoms with Crippen LogP contribution >= 0.6 is 31.9 Å². The van der Waals surface area contributed by atoms with E-state index in [1.807, 2.05) is 0 Å². The van der Waals surface area contributed by atoms with Crippen molar-refractivity contribution in [1.29, 1.82) is 0 Å². The minimum Gasteiger partial charge on any atom is -0.461 e. The van der Waals surface area contributed by atoms with Crippen LogP contribution in [0, 0.1) is 0 Å². The predicted octanol–water partition coefficient (Wildman–Crippen LogP) is 3.63. The molecule has 0 spiro atoms. The third kappa shape index (κ3) is 4.59. The largest absolute Gasteiger partial charge is 0.461 e. The van der Waals surface area contributed by atoms with E-state index in [0.29, 0.717) is 5.69 Å². The van der Waals surface area contributed by atoms with Crippen molar-refractivity contribution < 1.29 is 19.1 Å². The molecule has 0 amide bonds. The number of alkyl halides is 2. The van der Waals surface area contributed by atoms with Crippen molar-refractivity contribution in [3.8, 4) is 0 Å². The fourth-order valence-corrected chi connectivity index (χ4v) is 1.96. The summed E-state index contributed by atoms with van der Waals surface area (Å²) in [5.74, 6) is -0.586. The lowest BCUT2D eigenvalue weighted by Crippen LogP contribution is -2.28. The van der Waals surface area contributed by atoms with Gasteiger partial charge in [0.05, 0.1) is 12.3 Å². The average molecular weight is 412 g/mol. The van der Waals surface area contributed by atoms with Crippen LogP contribution in [0.3, 0.4) is 0 Å². The maximum atomic E-state index is 12.1. The lowest BCUT2D eigenvalue weighted by molar-refractivity contribution is 0.0498. The number of hydrogen-bond acceptors (Lipinski definition) is 5. The van der Waals surface area contributed by atoms with Gasteiger partial charge < -0.3 is 9.47 Å². The molecule has 1 aromatic rings. The molecule has 6 nitrogen and oxygen atoms in total. The maximum absolute atomic E-state index is 12.1. The molecule has 0 aliphatic carbocycles. The second kappa shape index (κ2) is 6.71. The van der Waals surface area contributed by atoms with Crippen molar-refractivity contribution in [3.05, 3.63) is 17.5 Å². The first-order valence-electron chi connectivity index (χ1n) is 5.94. The molecular weight excluding hydrogens is 396 g/mol. The highest BCUT2D eigenvalue weighted by Crippen LogP contribution is 2.30. The number of hydrogen-bond donors (Lipinski definition) is 0. The fourth-order valence-electron chi connectivity index (χ4n) is 1.31. The van der Waals surface area contributed by atoms with Crippen LogP contribution in [-0.4, -0.2) is 34.1 Å². The Morgan fingerprint density at radius 3 is 2.45 bits per heavy atom. The van der Waals surface area contributed by atoms with E-state index in [4.69, 9.17) is 9.47 Å². The lowest BCUT2D eigenvalue weighted by Gasteiger charge is -2.19. The van der Waals surface area contributed by atoms with Gasteiger partial charge in [-0.1, -0.05) is 31.9 Å². The van der Waals surface area contributed by atoms with Gasteiger partial charge in [-0.05, 0) is 33.8 Å². The van der Waals surface area contributed by atoms with E-state index < -0.39 is 17.7 Å². The molecule has 0 N–H and O–H groups in total. The number of halogens is 2. The molecule has 0 atom stereocenters. The Hall–Kier alpha value is -0.890. The zero-order valence-corrected chi connectivity index (χ0v) is 14.8. The Labute approximate surface area is 134 Å². The van der Waals surface area contributed by atoms with Crippen LogP contribution in [0.25, 0.3) is 0 Å². The van der Waals surface area contributed by atoms with Crippen LogP contribution in [0.1, 0.15) is 47.6 Å². The molecule has 0 radical (unpaired) electrons. The quantitative estimate of drug-likeness (QED) is 0.561. The van der Waals surface area contributed by atoms with Crippen molar-refractivity contribution >= 4 is 43.9 Å². The molecule has 0 saturated carbocycles. The van der Waals surface area contributed by atoms with Gasteiger partial charge in [0.2, 0.25) is 0 Å². The highest BCUT2D eigenvalue weighted by atomic mass is 79.9. The molecule has 112 valence electrons. The standard InChI is InChI=1S/C12H16Br2N2O4/c1-5-19-10(17)7-6-8(9(13)14)16(15-7)11(18)20-12(2,3)4/h6,9H,5H2,1-4H3. The molecule has 0 aliphatic rings. The van der Waals surface area contributed by atoms with E-state index >= 15 is 0 Å². The van der Waals surface area contributed by atoms with Crippen LogP contribution in [0.5, 0.6) is 0 Å². The normalized spacial score (nSPS) is 11.6. The summed E-state index contributed by atoms with van der Waals surface area (Å²) in [4.78, 5) is 23.7. The number of carbonyl (C=O) groups is 2. The van der Waals surface area contributed by atoms with Crippen molar-refractivity contribution in [2.45, 2.75) is 37.0 Å². The van der Waals surface area contributed by atoms with Crippen LogP contribution in [0.4, 0.5) is 4.79 Å². The first-order valence-corrected chi connectivity index (χ1v) is 7.77. The zero-order valence-electron chi connectivity index (χ0n) is 11.6. The molecule has 0 fully saturated rings. The first kappa shape index (κ1) is 17.2. The van der Waals surface area contributed by atoms with Crippen molar-refractivity contribution in [2.75, 3.05) is 6.61 Å². The van der Waals surface area contributed by atoms with Gasteiger partial charge in [-0.2, -0.15) is 9.78 Å². The molecule has 1 rings (SSSR count). The van der Waals surface area contributed by atoms with E-state index in [0.717, 1.165) is 4.68 Å². The van der Waals surface area contributed by atoms with E-state index in [2.05, 4.69) is 37.0 Å². The number of carbonyl (C=O) groups excluding carboxylic acids is 2. The highest BCUT2D eigenvalue weighted by molar-refractivity contribution is 9.24. The predicted molar refractivity (Wildman–Crippen MR) is 80.4 cm³/mol. The number of aromatic nitrogens is 2. The topological polar surface area (TPSA) is 70.4 Å². The minimum atomic E-state index is -0.660. The van der Waals surface area contributed by atoms with E-state index in [1.54, 1.807) is 27.7 Å². The van der Waals surface area contributed by atoms with Gasteiger partial charge in [0.15, 0.2) is 5.69 Å². The van der Waals surface area contributed by atoms with Crippen molar-refractivity contribution in [3.63, 3.8) is 0 Å². The van der Waals surface area contributed by atoms with Gasteiger partial charge in [-0.15, -0.1) is 0 Å². The van der Waals surface area contributed by atoms with E-state index in [9.17, 15) is 9.59 Å². The molecule has 0 aliphatic heterocycles. The van der Waals surface area contributed by atoms with Crippen LogP contribution in [0.2, 0.25) is 0 Å². The summed E-state index contributed by atoms with van der Waals surface area (Å²) >= 11 is 6.56. The molecular formula is C12H16Br2N2O4. The summed E-state index contributed by atoms with van der Waals surface area (Å²) in [5.41, 5.74) is -0.155. The second-order valence-electron chi connectivity index (χ2n) is 4.87. The molecule has 0 bridgehead atoms. The Kier molecular flexibility index (Phi) is 5.76. The summed E-state index contributed by atoms with van der Waals surface area (Å²) in [6.07, 6.45) is -0.660. The number of nitrogens with zero attached hydrogens (tertiary/aromatic N) is 2. The molecule has 1 aromatic heterocycles. The molecule has 20 heavy (non-hydrogen) atoms. The summed E-state index contributed by atoms with van der Waals surface area (Å²) in [7, 11) is 0. The van der Waals surface area contributed by atoms with Crippen LogP contribution in [0.15, 0.2) is 6.07 Å². The minimum absolute atomic E-state index is 0.0524. The van der Waals surface area contributed by atoms with Gasteiger partial charge in [0, 0.05) is 0 Å². The summed E-state index contributed by atoms with van der Waals surface area (Å²) < 4.78 is 10.8. The first-order chi connectivity index (χ1) is 9.15. The third-order valence-corrected chi connectivity index (χ3v) is 2.95. The van der Waals surface area contributed by atoms with Gasteiger partial charge in [-0.3, -0.25) is 0 Å². The third-order valence-electron chi connectivity index (χ3n) is 2.01. The number of ether oxygens (including phenoxy) is 2.